The van der Waals surface area contributed by atoms with Crippen LogP contribution in [-0.2, 0) is 11.2 Å². The molecule has 26 heavy (non-hydrogen) atoms. The van der Waals surface area contributed by atoms with E-state index in [4.69, 9.17) is 5.11 Å². The second-order valence-electron chi connectivity index (χ2n) is 7.16. The molecule has 0 aliphatic carbocycles. The van der Waals surface area contributed by atoms with Crippen LogP contribution in [0.4, 0.5) is 5.69 Å². The van der Waals surface area contributed by atoms with Crippen molar-refractivity contribution in [1.82, 2.24) is 10.2 Å². The van der Waals surface area contributed by atoms with Crippen molar-refractivity contribution in [3.05, 3.63) is 47.7 Å². The molecular weight excluding hydrogens is 326 g/mol. The summed E-state index contributed by atoms with van der Waals surface area (Å²) in [5, 5.41) is 20.7. The van der Waals surface area contributed by atoms with Crippen molar-refractivity contribution in [1.29, 1.82) is 0 Å². The number of anilines is 1. The standard InChI is InChI=1S/C21H25N3O2/c1-13(2)11-22-20-8-14(3)15(5-7-21(25)26)10-18(20)16-4-6-19-17(9-16)12-23-24-19/h4,6,8-10,12-13,22H,5,7,11H2,1-3H3,(H,23,24)(H,25,26). The number of H-pyrrole nitrogens is 1. The number of carboxylic acid groups (broad SMARTS) is 1. The second kappa shape index (κ2) is 7.60. The second-order valence-corrected chi connectivity index (χ2v) is 7.16. The van der Waals surface area contributed by atoms with Crippen LogP contribution in [-0.4, -0.2) is 27.8 Å². The molecule has 1 aromatic heterocycles. The first-order valence-electron chi connectivity index (χ1n) is 8.96. The highest BCUT2D eigenvalue weighted by Crippen LogP contribution is 2.33. The molecule has 0 saturated carbocycles. The Morgan fingerprint density at radius 3 is 2.81 bits per heavy atom. The van der Waals surface area contributed by atoms with Gasteiger partial charge in [0.05, 0.1) is 11.7 Å². The predicted molar refractivity (Wildman–Crippen MR) is 106 cm³/mol. The summed E-state index contributed by atoms with van der Waals surface area (Å²) in [6.45, 7) is 7.28. The molecule has 0 fully saturated rings. The smallest absolute Gasteiger partial charge is 0.303 e. The van der Waals surface area contributed by atoms with Gasteiger partial charge in [-0.1, -0.05) is 19.9 Å². The number of aromatic nitrogens is 2. The highest BCUT2D eigenvalue weighted by molar-refractivity contribution is 5.88. The van der Waals surface area contributed by atoms with Gasteiger partial charge in [0, 0.05) is 29.6 Å². The lowest BCUT2D eigenvalue weighted by Gasteiger charge is -2.18. The molecule has 1 heterocycles. The molecule has 0 atom stereocenters. The van der Waals surface area contributed by atoms with Gasteiger partial charge in [-0.05, 0) is 60.2 Å². The number of aliphatic carboxylic acids is 1. The molecule has 0 amide bonds. The van der Waals surface area contributed by atoms with Gasteiger partial charge in [0.25, 0.3) is 0 Å². The van der Waals surface area contributed by atoms with Crippen LogP contribution in [0, 0.1) is 12.8 Å². The fraction of sp³-hybridized carbons (Fsp3) is 0.333. The van der Waals surface area contributed by atoms with Gasteiger partial charge in [0.1, 0.15) is 0 Å². The molecule has 5 nitrogen and oxygen atoms in total. The molecule has 0 unspecified atom stereocenters. The van der Waals surface area contributed by atoms with Crippen LogP contribution in [0.1, 0.15) is 31.4 Å². The number of hydrogen-bond donors (Lipinski definition) is 3. The van der Waals surface area contributed by atoms with Gasteiger partial charge in [-0.2, -0.15) is 5.10 Å². The third-order valence-electron chi connectivity index (χ3n) is 4.54. The van der Waals surface area contributed by atoms with Crippen LogP contribution in [0.5, 0.6) is 0 Å². The van der Waals surface area contributed by atoms with E-state index < -0.39 is 5.97 Å². The van der Waals surface area contributed by atoms with Gasteiger partial charge in [-0.25, -0.2) is 0 Å². The molecule has 0 saturated heterocycles. The number of nitrogens with one attached hydrogen (secondary N) is 2. The maximum Gasteiger partial charge on any atom is 0.303 e. The quantitative estimate of drug-likeness (QED) is 0.580. The number of carboxylic acids is 1. The van der Waals surface area contributed by atoms with E-state index in [1.54, 1.807) is 0 Å². The summed E-state index contributed by atoms with van der Waals surface area (Å²) >= 11 is 0. The number of aromatic amines is 1. The van der Waals surface area contributed by atoms with E-state index in [1.807, 2.05) is 19.2 Å². The van der Waals surface area contributed by atoms with Crippen molar-refractivity contribution in [2.24, 2.45) is 5.92 Å². The maximum atomic E-state index is 11.0. The van der Waals surface area contributed by atoms with E-state index in [0.717, 1.165) is 45.4 Å². The number of fused-ring (bicyclic) bond motifs is 1. The lowest BCUT2D eigenvalue weighted by Crippen LogP contribution is -2.10. The average molecular weight is 351 g/mol. The molecule has 3 aromatic rings. The minimum absolute atomic E-state index is 0.139. The van der Waals surface area contributed by atoms with Gasteiger partial charge in [-0.15, -0.1) is 0 Å². The normalized spacial score (nSPS) is 11.2. The molecule has 2 aromatic carbocycles. The number of rotatable bonds is 7. The van der Waals surface area contributed by atoms with Crippen molar-refractivity contribution in [3.8, 4) is 11.1 Å². The van der Waals surface area contributed by atoms with Crippen molar-refractivity contribution in [2.45, 2.75) is 33.6 Å². The van der Waals surface area contributed by atoms with Crippen LogP contribution in [0.25, 0.3) is 22.0 Å². The Kier molecular flexibility index (Phi) is 5.26. The van der Waals surface area contributed by atoms with Crippen molar-refractivity contribution >= 4 is 22.6 Å². The zero-order valence-electron chi connectivity index (χ0n) is 15.5. The molecule has 3 rings (SSSR count). The van der Waals surface area contributed by atoms with Crippen LogP contribution in [0.15, 0.2) is 36.5 Å². The molecular formula is C21H25N3O2. The van der Waals surface area contributed by atoms with Gasteiger partial charge < -0.3 is 10.4 Å². The van der Waals surface area contributed by atoms with Crippen molar-refractivity contribution in [2.75, 3.05) is 11.9 Å². The van der Waals surface area contributed by atoms with E-state index in [9.17, 15) is 4.79 Å². The zero-order chi connectivity index (χ0) is 18.7. The average Bonchev–Trinajstić information content (AvgIpc) is 3.06. The molecule has 5 heteroatoms. The third kappa shape index (κ3) is 4.04. The number of benzene rings is 2. The summed E-state index contributed by atoms with van der Waals surface area (Å²) < 4.78 is 0. The van der Waals surface area contributed by atoms with Crippen LogP contribution >= 0.6 is 0 Å². The molecule has 0 spiro atoms. The summed E-state index contributed by atoms with van der Waals surface area (Å²) in [6.07, 6.45) is 2.49. The van der Waals surface area contributed by atoms with Crippen LogP contribution < -0.4 is 5.32 Å². The number of nitrogens with zero attached hydrogens (tertiary/aromatic N) is 1. The first kappa shape index (κ1) is 18.0. The topological polar surface area (TPSA) is 78.0 Å². The SMILES string of the molecule is Cc1cc(NCC(C)C)c(-c2ccc3[nH]ncc3c2)cc1CCC(=O)O. The molecule has 0 bridgehead atoms. The Bertz CT molecular complexity index is 928. The van der Waals surface area contributed by atoms with E-state index in [2.05, 4.69) is 53.6 Å². The third-order valence-corrected chi connectivity index (χ3v) is 4.54. The Hall–Kier alpha value is -2.82. The highest BCUT2D eigenvalue weighted by Gasteiger charge is 2.12. The molecule has 0 radical (unpaired) electrons. The zero-order valence-corrected chi connectivity index (χ0v) is 15.5. The van der Waals surface area contributed by atoms with Gasteiger partial charge in [0.2, 0.25) is 0 Å². The summed E-state index contributed by atoms with van der Waals surface area (Å²) in [5.41, 5.74) is 6.47. The lowest BCUT2D eigenvalue weighted by atomic mass is 9.94. The fourth-order valence-corrected chi connectivity index (χ4v) is 3.07. The Balaban J connectivity index is 2.05. The molecule has 0 aliphatic rings. The van der Waals surface area contributed by atoms with E-state index >= 15 is 0 Å². The first-order valence-corrected chi connectivity index (χ1v) is 8.96. The van der Waals surface area contributed by atoms with Gasteiger partial charge in [0.15, 0.2) is 0 Å². The predicted octanol–water partition coefficient (Wildman–Crippen LogP) is 4.62. The fourth-order valence-electron chi connectivity index (χ4n) is 3.07. The summed E-state index contributed by atoms with van der Waals surface area (Å²) in [4.78, 5) is 11.0. The number of hydrogen-bond acceptors (Lipinski definition) is 3. The molecule has 0 aliphatic heterocycles. The summed E-state index contributed by atoms with van der Waals surface area (Å²) in [7, 11) is 0. The van der Waals surface area contributed by atoms with E-state index in [0.29, 0.717) is 12.3 Å². The lowest BCUT2D eigenvalue weighted by molar-refractivity contribution is -0.136. The Morgan fingerprint density at radius 2 is 2.08 bits per heavy atom. The van der Waals surface area contributed by atoms with Crippen LogP contribution in [0.3, 0.4) is 0 Å². The van der Waals surface area contributed by atoms with Crippen molar-refractivity contribution < 1.29 is 9.90 Å². The minimum atomic E-state index is -0.771. The maximum absolute atomic E-state index is 11.0. The largest absolute Gasteiger partial charge is 0.481 e. The summed E-state index contributed by atoms with van der Waals surface area (Å²) in [5.74, 6) is -0.237. The van der Waals surface area contributed by atoms with Gasteiger partial charge in [-0.3, -0.25) is 9.89 Å². The van der Waals surface area contributed by atoms with Crippen LogP contribution in [0.2, 0.25) is 0 Å². The highest BCUT2D eigenvalue weighted by atomic mass is 16.4. The monoisotopic (exact) mass is 351 g/mol. The Labute approximate surface area is 153 Å². The number of carbonyl (C=O) groups is 1. The first-order chi connectivity index (χ1) is 12.4. The molecule has 136 valence electrons. The van der Waals surface area contributed by atoms with E-state index in [-0.39, 0.29) is 6.42 Å². The summed E-state index contributed by atoms with van der Waals surface area (Å²) in [6, 6.07) is 10.5. The van der Waals surface area contributed by atoms with Crippen molar-refractivity contribution in [3.63, 3.8) is 0 Å². The minimum Gasteiger partial charge on any atom is -0.481 e. The Morgan fingerprint density at radius 1 is 1.27 bits per heavy atom. The molecule has 3 N–H and O–H groups in total. The number of aryl methyl sites for hydroxylation is 2. The van der Waals surface area contributed by atoms with E-state index in [1.165, 1.54) is 0 Å². The van der Waals surface area contributed by atoms with Gasteiger partial charge >= 0.3 is 5.97 Å².